The zero-order valence-corrected chi connectivity index (χ0v) is 15.5. The molecule has 4 nitrogen and oxygen atoms in total. The van der Waals surface area contributed by atoms with E-state index in [1.807, 2.05) is 61.5 Å². The van der Waals surface area contributed by atoms with Crippen LogP contribution >= 0.6 is 15.9 Å². The first kappa shape index (κ1) is 16.4. The number of hydrogen-bond acceptors (Lipinski definition) is 3. The molecule has 26 heavy (non-hydrogen) atoms. The van der Waals surface area contributed by atoms with Crippen LogP contribution in [0, 0.1) is 18.3 Å². The van der Waals surface area contributed by atoms with Crippen molar-refractivity contribution in [3.8, 4) is 17.4 Å². The monoisotopic (exact) mass is 403 g/mol. The lowest BCUT2D eigenvalue weighted by molar-refractivity contribution is 0.571. The number of nitrogens with zero attached hydrogens (tertiary/aromatic N) is 2. The molecule has 1 N–H and O–H groups in total. The summed E-state index contributed by atoms with van der Waals surface area (Å²) in [7, 11) is 0. The van der Waals surface area contributed by atoms with Gasteiger partial charge >= 0.3 is 0 Å². The Morgan fingerprint density at radius 2 is 2.04 bits per heavy atom. The van der Waals surface area contributed by atoms with Gasteiger partial charge < -0.3 is 9.40 Å². The van der Waals surface area contributed by atoms with Gasteiger partial charge in [-0.25, -0.2) is 4.98 Å². The number of aromatic amines is 1. The van der Waals surface area contributed by atoms with Gasteiger partial charge in [0.25, 0.3) is 0 Å². The van der Waals surface area contributed by atoms with Gasteiger partial charge in [0.05, 0.1) is 16.6 Å². The molecule has 0 radical (unpaired) electrons. The summed E-state index contributed by atoms with van der Waals surface area (Å²) in [5.41, 5.74) is 4.28. The molecule has 0 bridgehead atoms. The normalized spacial score (nSPS) is 11.7. The van der Waals surface area contributed by atoms with E-state index in [0.29, 0.717) is 17.2 Å². The quantitative estimate of drug-likeness (QED) is 0.429. The van der Waals surface area contributed by atoms with E-state index in [0.717, 1.165) is 26.8 Å². The summed E-state index contributed by atoms with van der Waals surface area (Å²) in [4.78, 5) is 7.64. The number of benzene rings is 2. The van der Waals surface area contributed by atoms with Crippen LogP contribution in [0.3, 0.4) is 0 Å². The highest BCUT2D eigenvalue weighted by Crippen LogP contribution is 2.31. The fraction of sp³-hybridized carbons (Fsp3) is 0.0476. The lowest BCUT2D eigenvalue weighted by Crippen LogP contribution is -1.84. The molecule has 126 valence electrons. The molecular formula is C21H14BrN3O. The minimum atomic E-state index is 0.421. The summed E-state index contributed by atoms with van der Waals surface area (Å²) >= 11 is 3.57. The number of nitrogens with one attached hydrogen (secondary N) is 1. The third-order valence-electron chi connectivity index (χ3n) is 4.07. The Bertz CT molecular complexity index is 1140. The van der Waals surface area contributed by atoms with Crippen molar-refractivity contribution in [3.05, 3.63) is 76.2 Å². The van der Waals surface area contributed by atoms with E-state index in [2.05, 4.69) is 32.0 Å². The molecule has 0 spiro atoms. The highest BCUT2D eigenvalue weighted by Gasteiger charge is 2.11. The standard InChI is InChI=1S/C21H14BrN3O/c1-13-6-8-16(17(22)10-13)20-9-7-15(26-20)11-14(12-23)21-24-18-4-2-3-5-19(18)25-21/h2-11H,1H3,(H,24,25). The van der Waals surface area contributed by atoms with Crippen molar-refractivity contribution in [1.82, 2.24) is 9.97 Å². The van der Waals surface area contributed by atoms with E-state index in [4.69, 9.17) is 4.42 Å². The topological polar surface area (TPSA) is 65.6 Å². The summed E-state index contributed by atoms with van der Waals surface area (Å²) < 4.78 is 6.89. The fourth-order valence-electron chi connectivity index (χ4n) is 2.77. The number of rotatable bonds is 3. The number of fused-ring (bicyclic) bond motifs is 1. The van der Waals surface area contributed by atoms with Gasteiger partial charge in [-0.1, -0.05) is 34.1 Å². The molecule has 2 aromatic carbocycles. The maximum atomic E-state index is 9.54. The van der Waals surface area contributed by atoms with Crippen LogP contribution < -0.4 is 0 Å². The molecule has 0 unspecified atom stereocenters. The molecule has 0 amide bonds. The first-order valence-corrected chi connectivity index (χ1v) is 8.86. The minimum Gasteiger partial charge on any atom is -0.457 e. The van der Waals surface area contributed by atoms with Crippen LogP contribution in [0.25, 0.3) is 34.0 Å². The van der Waals surface area contributed by atoms with Crippen molar-refractivity contribution in [2.45, 2.75) is 6.92 Å². The molecule has 0 aliphatic rings. The molecule has 0 saturated heterocycles. The van der Waals surface area contributed by atoms with E-state index in [-0.39, 0.29) is 0 Å². The number of imidazole rings is 1. The van der Waals surface area contributed by atoms with Crippen molar-refractivity contribution in [2.75, 3.05) is 0 Å². The van der Waals surface area contributed by atoms with Gasteiger partial charge in [-0.05, 0) is 48.9 Å². The summed E-state index contributed by atoms with van der Waals surface area (Å²) in [6.45, 7) is 2.04. The first-order chi connectivity index (χ1) is 12.6. The minimum absolute atomic E-state index is 0.421. The Balaban J connectivity index is 1.71. The number of halogens is 1. The van der Waals surface area contributed by atoms with E-state index < -0.39 is 0 Å². The largest absolute Gasteiger partial charge is 0.457 e. The average Bonchev–Trinajstić information content (AvgIpc) is 3.26. The van der Waals surface area contributed by atoms with Crippen LogP contribution in [-0.2, 0) is 0 Å². The second kappa shape index (κ2) is 6.66. The molecule has 0 saturated carbocycles. The third kappa shape index (κ3) is 3.07. The number of allylic oxidation sites excluding steroid dienone is 1. The number of aryl methyl sites for hydroxylation is 1. The Morgan fingerprint density at radius 3 is 2.81 bits per heavy atom. The Hall–Kier alpha value is -3.10. The zero-order valence-electron chi connectivity index (χ0n) is 14.0. The van der Waals surface area contributed by atoms with Crippen molar-refractivity contribution in [2.24, 2.45) is 0 Å². The molecule has 0 aliphatic carbocycles. The summed E-state index contributed by atoms with van der Waals surface area (Å²) in [5, 5.41) is 9.54. The van der Waals surface area contributed by atoms with Crippen LogP contribution in [0.15, 0.2) is 63.5 Å². The van der Waals surface area contributed by atoms with Crippen molar-refractivity contribution in [1.29, 1.82) is 5.26 Å². The maximum Gasteiger partial charge on any atom is 0.149 e. The molecule has 2 aromatic heterocycles. The predicted molar refractivity (Wildman–Crippen MR) is 106 cm³/mol. The van der Waals surface area contributed by atoms with Crippen LogP contribution in [-0.4, -0.2) is 9.97 Å². The zero-order chi connectivity index (χ0) is 18.1. The summed E-state index contributed by atoms with van der Waals surface area (Å²) in [5.74, 6) is 1.87. The van der Waals surface area contributed by atoms with Gasteiger partial charge in [0.2, 0.25) is 0 Å². The number of aromatic nitrogens is 2. The second-order valence-corrected chi connectivity index (χ2v) is 6.81. The molecule has 0 fully saturated rings. The molecule has 0 aliphatic heterocycles. The molecule has 5 heteroatoms. The molecular weight excluding hydrogens is 390 g/mol. The number of H-pyrrole nitrogens is 1. The molecule has 4 rings (SSSR count). The first-order valence-electron chi connectivity index (χ1n) is 8.07. The van der Waals surface area contributed by atoms with Crippen molar-refractivity contribution < 1.29 is 4.42 Å². The summed E-state index contributed by atoms with van der Waals surface area (Å²) in [6.07, 6.45) is 1.70. The Morgan fingerprint density at radius 1 is 1.19 bits per heavy atom. The van der Waals surface area contributed by atoms with Gasteiger partial charge in [0, 0.05) is 16.1 Å². The lowest BCUT2D eigenvalue weighted by atomic mass is 10.1. The number of para-hydroxylation sites is 2. The molecule has 0 atom stereocenters. The van der Waals surface area contributed by atoms with Crippen LogP contribution in [0.2, 0.25) is 0 Å². The SMILES string of the molecule is Cc1ccc(-c2ccc(C=C(C#N)c3nc4ccccc4[nH]3)o2)c(Br)c1. The second-order valence-electron chi connectivity index (χ2n) is 5.96. The van der Waals surface area contributed by atoms with Crippen LogP contribution in [0.5, 0.6) is 0 Å². The number of nitriles is 1. The van der Waals surface area contributed by atoms with Crippen LogP contribution in [0.1, 0.15) is 17.1 Å². The fourth-order valence-corrected chi connectivity index (χ4v) is 3.46. The van der Waals surface area contributed by atoms with Crippen LogP contribution in [0.4, 0.5) is 0 Å². The van der Waals surface area contributed by atoms with Crippen molar-refractivity contribution >= 4 is 38.6 Å². The van der Waals surface area contributed by atoms with Gasteiger partial charge in [-0.3, -0.25) is 0 Å². The van der Waals surface area contributed by atoms with Crippen molar-refractivity contribution in [3.63, 3.8) is 0 Å². The maximum absolute atomic E-state index is 9.54. The van der Waals surface area contributed by atoms with E-state index >= 15 is 0 Å². The number of furan rings is 1. The van der Waals surface area contributed by atoms with E-state index in [1.54, 1.807) is 6.08 Å². The Kier molecular flexibility index (Phi) is 4.19. The average molecular weight is 404 g/mol. The smallest absolute Gasteiger partial charge is 0.149 e. The highest BCUT2D eigenvalue weighted by atomic mass is 79.9. The highest BCUT2D eigenvalue weighted by molar-refractivity contribution is 9.10. The molecule has 4 aromatic rings. The number of hydrogen-bond donors (Lipinski definition) is 1. The van der Waals surface area contributed by atoms with Gasteiger partial charge in [0.15, 0.2) is 0 Å². The van der Waals surface area contributed by atoms with Gasteiger partial charge in [-0.15, -0.1) is 0 Å². The van der Waals surface area contributed by atoms with E-state index in [9.17, 15) is 5.26 Å². The summed E-state index contributed by atoms with van der Waals surface area (Å²) in [6, 6.07) is 19.7. The van der Waals surface area contributed by atoms with Gasteiger partial charge in [0.1, 0.15) is 23.4 Å². The lowest BCUT2D eigenvalue weighted by Gasteiger charge is -2.02. The van der Waals surface area contributed by atoms with E-state index in [1.165, 1.54) is 5.56 Å². The Labute approximate surface area is 158 Å². The third-order valence-corrected chi connectivity index (χ3v) is 4.72. The predicted octanol–water partition coefficient (Wildman–Crippen LogP) is 5.96. The molecule has 2 heterocycles. The van der Waals surface area contributed by atoms with Gasteiger partial charge in [-0.2, -0.15) is 5.26 Å².